The molecule has 0 amide bonds. The van der Waals surface area contributed by atoms with Gasteiger partial charge in [-0.05, 0) is 19.3 Å². The maximum Gasteiger partial charge on any atom is 0.279 e. The van der Waals surface area contributed by atoms with E-state index in [9.17, 15) is 8.42 Å². The topological polar surface area (TPSA) is 58.6 Å². The number of nitrogens with one attached hydrogen (secondary N) is 1. The number of nitrogens with zero attached hydrogens (tertiary/aromatic N) is 1. The molecular weight excluding hydrogens is 204 g/mol. The minimum atomic E-state index is -3.24. The quantitative estimate of drug-likeness (QED) is 0.708. The zero-order valence-corrected chi connectivity index (χ0v) is 9.09. The highest BCUT2D eigenvalue weighted by atomic mass is 32.2. The van der Waals surface area contributed by atoms with Gasteiger partial charge in [-0.3, -0.25) is 0 Å². The van der Waals surface area contributed by atoms with Crippen LogP contribution in [0, 0.1) is 0 Å². The Hall–Kier alpha value is -0.170. The minimum Gasteiger partial charge on any atom is -0.380 e. The molecule has 1 heterocycles. The van der Waals surface area contributed by atoms with Crippen LogP contribution in [0.4, 0.5) is 0 Å². The first-order valence-corrected chi connectivity index (χ1v) is 6.36. The summed E-state index contributed by atoms with van der Waals surface area (Å²) in [5.41, 5.74) is 0. The summed E-state index contributed by atoms with van der Waals surface area (Å²) in [6.07, 6.45) is 2.80. The second kappa shape index (κ2) is 3.77. The van der Waals surface area contributed by atoms with Crippen LogP contribution < -0.4 is 4.72 Å². The van der Waals surface area contributed by atoms with E-state index in [0.29, 0.717) is 13.1 Å². The summed E-state index contributed by atoms with van der Waals surface area (Å²) in [7, 11) is -1.62. The van der Waals surface area contributed by atoms with Gasteiger partial charge in [-0.15, -0.1) is 0 Å². The molecule has 5 nitrogen and oxygen atoms in total. The van der Waals surface area contributed by atoms with Crippen molar-refractivity contribution in [2.45, 2.75) is 31.4 Å². The van der Waals surface area contributed by atoms with Gasteiger partial charge < -0.3 is 4.74 Å². The average molecular weight is 220 g/mol. The predicted molar refractivity (Wildman–Crippen MR) is 52.1 cm³/mol. The van der Waals surface area contributed by atoms with Gasteiger partial charge in [0.05, 0.1) is 6.10 Å². The molecule has 0 bridgehead atoms. The van der Waals surface area contributed by atoms with Crippen molar-refractivity contribution >= 4 is 10.2 Å². The van der Waals surface area contributed by atoms with Gasteiger partial charge in [-0.2, -0.15) is 17.4 Å². The fraction of sp³-hybridized carbons (Fsp3) is 1.00. The van der Waals surface area contributed by atoms with Crippen molar-refractivity contribution in [3.8, 4) is 0 Å². The van der Waals surface area contributed by atoms with Crippen LogP contribution in [-0.2, 0) is 14.9 Å². The predicted octanol–water partition coefficient (Wildman–Crippen LogP) is -0.296. The van der Waals surface area contributed by atoms with Crippen LogP contribution >= 0.6 is 0 Å². The first kappa shape index (κ1) is 10.4. The summed E-state index contributed by atoms with van der Waals surface area (Å²) >= 11 is 0. The molecule has 1 atom stereocenters. The van der Waals surface area contributed by atoms with E-state index in [4.69, 9.17) is 4.74 Å². The molecule has 0 spiro atoms. The fourth-order valence-electron chi connectivity index (χ4n) is 1.59. The van der Waals surface area contributed by atoms with Crippen molar-refractivity contribution in [1.29, 1.82) is 0 Å². The van der Waals surface area contributed by atoms with E-state index in [2.05, 4.69) is 4.72 Å². The molecule has 0 aromatic carbocycles. The van der Waals surface area contributed by atoms with E-state index in [-0.39, 0.29) is 12.1 Å². The first-order chi connectivity index (χ1) is 6.62. The molecule has 6 heteroatoms. The lowest BCUT2D eigenvalue weighted by atomic mass is 10.3. The summed E-state index contributed by atoms with van der Waals surface area (Å²) < 4.78 is 32.7. The monoisotopic (exact) mass is 220 g/mol. The summed E-state index contributed by atoms with van der Waals surface area (Å²) in [6.45, 7) is 1.05. The van der Waals surface area contributed by atoms with E-state index >= 15 is 0 Å². The van der Waals surface area contributed by atoms with Crippen LogP contribution in [0.1, 0.15) is 19.3 Å². The third-order valence-corrected chi connectivity index (χ3v) is 4.32. The normalized spacial score (nSPS) is 29.6. The summed E-state index contributed by atoms with van der Waals surface area (Å²) in [6, 6.07) is 0.182. The number of ether oxygens (including phenoxy) is 1. The molecule has 0 radical (unpaired) electrons. The van der Waals surface area contributed by atoms with E-state index in [1.165, 1.54) is 4.31 Å². The Balaban J connectivity index is 1.93. The van der Waals surface area contributed by atoms with Gasteiger partial charge in [0.1, 0.15) is 0 Å². The maximum atomic E-state index is 11.7. The van der Waals surface area contributed by atoms with Crippen molar-refractivity contribution < 1.29 is 13.2 Å². The lowest BCUT2D eigenvalue weighted by Gasteiger charge is -2.16. The van der Waals surface area contributed by atoms with Crippen LogP contribution in [0.5, 0.6) is 0 Å². The van der Waals surface area contributed by atoms with Crippen molar-refractivity contribution in [2.24, 2.45) is 0 Å². The zero-order chi connectivity index (χ0) is 10.2. The molecule has 1 saturated heterocycles. The maximum absolute atomic E-state index is 11.7. The summed E-state index contributed by atoms with van der Waals surface area (Å²) in [5, 5.41) is 0. The second-order valence-corrected chi connectivity index (χ2v) is 5.60. The van der Waals surface area contributed by atoms with E-state index in [0.717, 1.165) is 19.3 Å². The van der Waals surface area contributed by atoms with Gasteiger partial charge in [-0.1, -0.05) is 0 Å². The van der Waals surface area contributed by atoms with Gasteiger partial charge >= 0.3 is 0 Å². The molecule has 0 aromatic rings. The van der Waals surface area contributed by atoms with E-state index in [1.54, 1.807) is 7.11 Å². The highest BCUT2D eigenvalue weighted by molar-refractivity contribution is 7.87. The Morgan fingerprint density at radius 3 is 2.57 bits per heavy atom. The van der Waals surface area contributed by atoms with E-state index in [1.807, 2.05) is 0 Å². The highest BCUT2D eigenvalue weighted by Crippen LogP contribution is 2.22. The first-order valence-electron chi connectivity index (χ1n) is 4.92. The Bertz CT molecular complexity index is 300. The number of hydrogen-bond acceptors (Lipinski definition) is 3. The number of methoxy groups -OCH3 is 1. The smallest absolute Gasteiger partial charge is 0.279 e. The largest absolute Gasteiger partial charge is 0.380 e. The number of rotatable bonds is 4. The Kier molecular flexibility index (Phi) is 2.79. The van der Waals surface area contributed by atoms with Crippen LogP contribution in [0.15, 0.2) is 0 Å². The molecule has 2 rings (SSSR count). The third kappa shape index (κ3) is 2.25. The molecule has 1 aliphatic heterocycles. The molecule has 0 aromatic heterocycles. The van der Waals surface area contributed by atoms with Gasteiger partial charge in [-0.25, -0.2) is 0 Å². The SMILES string of the molecule is CO[C@H]1CCN(S(=O)(=O)NC2CC2)C1. The van der Waals surface area contributed by atoms with Crippen LogP contribution in [-0.4, -0.2) is 45.1 Å². The molecule has 1 N–H and O–H groups in total. The molecule has 2 aliphatic rings. The molecule has 0 unspecified atom stereocenters. The molecule has 14 heavy (non-hydrogen) atoms. The van der Waals surface area contributed by atoms with Crippen molar-refractivity contribution in [2.75, 3.05) is 20.2 Å². The highest BCUT2D eigenvalue weighted by Gasteiger charge is 2.35. The van der Waals surface area contributed by atoms with Gasteiger partial charge in [0.15, 0.2) is 0 Å². The average Bonchev–Trinajstić information content (AvgIpc) is 2.81. The van der Waals surface area contributed by atoms with Crippen molar-refractivity contribution in [1.82, 2.24) is 9.03 Å². The van der Waals surface area contributed by atoms with Crippen molar-refractivity contribution in [3.63, 3.8) is 0 Å². The van der Waals surface area contributed by atoms with Gasteiger partial charge in [0.25, 0.3) is 10.2 Å². The second-order valence-electron chi connectivity index (χ2n) is 3.90. The zero-order valence-electron chi connectivity index (χ0n) is 8.27. The lowest BCUT2D eigenvalue weighted by Crippen LogP contribution is -2.40. The van der Waals surface area contributed by atoms with Crippen LogP contribution in [0.2, 0.25) is 0 Å². The molecular formula is C8H16N2O3S. The van der Waals surface area contributed by atoms with Crippen molar-refractivity contribution in [3.05, 3.63) is 0 Å². The van der Waals surface area contributed by atoms with Gasteiger partial charge in [0.2, 0.25) is 0 Å². The molecule has 82 valence electrons. The molecule has 1 aliphatic carbocycles. The fourth-order valence-corrected chi connectivity index (χ4v) is 3.11. The van der Waals surface area contributed by atoms with E-state index < -0.39 is 10.2 Å². The molecule has 1 saturated carbocycles. The number of hydrogen-bond donors (Lipinski definition) is 1. The Morgan fingerprint density at radius 1 is 1.36 bits per heavy atom. The standard InChI is InChI=1S/C8H16N2O3S/c1-13-8-4-5-10(6-8)14(11,12)9-7-2-3-7/h7-9H,2-6H2,1H3/t8-/m0/s1. The lowest BCUT2D eigenvalue weighted by molar-refractivity contribution is 0.115. The Morgan fingerprint density at radius 2 is 2.07 bits per heavy atom. The molecule has 2 fully saturated rings. The van der Waals surface area contributed by atoms with Crippen LogP contribution in [0.25, 0.3) is 0 Å². The third-order valence-electron chi connectivity index (χ3n) is 2.67. The van der Waals surface area contributed by atoms with Crippen LogP contribution in [0.3, 0.4) is 0 Å². The summed E-state index contributed by atoms with van der Waals surface area (Å²) in [5.74, 6) is 0. The Labute approximate surface area is 84.6 Å². The van der Waals surface area contributed by atoms with Gasteiger partial charge in [0, 0.05) is 26.2 Å². The minimum absolute atomic E-state index is 0.0609. The summed E-state index contributed by atoms with van der Waals surface area (Å²) in [4.78, 5) is 0.